The second-order valence-corrected chi connectivity index (χ2v) is 21.1. The fourth-order valence-corrected chi connectivity index (χ4v) is 12.9. The van der Waals surface area contributed by atoms with Crippen LogP contribution in [0.25, 0.3) is 0 Å². The van der Waals surface area contributed by atoms with E-state index in [4.69, 9.17) is 0 Å². The zero-order valence-corrected chi connectivity index (χ0v) is 13.6. The zero-order valence-electron chi connectivity index (χ0n) is 9.89. The van der Waals surface area contributed by atoms with Crippen molar-refractivity contribution in [2.75, 3.05) is 0 Å². The van der Waals surface area contributed by atoms with Crippen LogP contribution < -0.4 is 0 Å². The molecular weight excluding hydrogens is 349 g/mol. The van der Waals surface area contributed by atoms with Gasteiger partial charge >= 0.3 is 99.9 Å². The Balaban J connectivity index is 0.00000144. The standard InChI is InChI=1S/C7H5NO3S.3CH3.H2O.Sn/c9-7-5-3-1-2-4-6(5)12(10,11)8-7;;;;;/h1-4H,(H,8,9);3*1H3;1H2;/q;;;;;+1/p-1. The number of benzene rings is 1. The van der Waals surface area contributed by atoms with Crippen molar-refractivity contribution in [1.82, 2.24) is 2.53 Å². The predicted octanol–water partition coefficient (Wildman–Crippen LogP) is 0.841. The minimum atomic E-state index is -3.58. The molecule has 1 amide bonds. The van der Waals surface area contributed by atoms with Crippen LogP contribution in [0, 0.1) is 0 Å². The van der Waals surface area contributed by atoms with Gasteiger partial charge in [-0.3, -0.25) is 0 Å². The van der Waals surface area contributed by atoms with Gasteiger partial charge in [0, 0.05) is 0 Å². The molecule has 1 aliphatic rings. The van der Waals surface area contributed by atoms with Gasteiger partial charge in [-0.1, -0.05) is 0 Å². The third kappa shape index (κ3) is 2.09. The van der Waals surface area contributed by atoms with Gasteiger partial charge in [0.2, 0.25) is 0 Å². The van der Waals surface area contributed by atoms with Crippen LogP contribution in [-0.2, 0) is 10.0 Å². The fourth-order valence-electron chi connectivity index (χ4n) is 1.85. The summed E-state index contributed by atoms with van der Waals surface area (Å²) in [6.07, 6.45) is 0. The maximum atomic E-state index is 12.2. The average molecular weight is 364 g/mol. The van der Waals surface area contributed by atoms with Crippen LogP contribution in [0.3, 0.4) is 0 Å². The summed E-state index contributed by atoms with van der Waals surface area (Å²) in [5.74, 6) is -0.348. The Kier molecular flexibility index (Phi) is 3.62. The summed E-state index contributed by atoms with van der Waals surface area (Å²) in [6, 6.07) is 6.41. The van der Waals surface area contributed by atoms with Crippen molar-refractivity contribution in [3.63, 3.8) is 0 Å². The van der Waals surface area contributed by atoms with Gasteiger partial charge in [-0.25, -0.2) is 0 Å². The van der Waals surface area contributed by atoms with E-state index in [1.165, 1.54) is 6.07 Å². The molecule has 17 heavy (non-hydrogen) atoms. The first-order chi connectivity index (χ1) is 7.26. The summed E-state index contributed by atoms with van der Waals surface area (Å²) in [5.41, 5.74) is 0.314. The molecule has 5 nitrogen and oxygen atoms in total. The van der Waals surface area contributed by atoms with E-state index < -0.39 is 28.7 Å². The molecule has 1 heterocycles. The molecular formula is C10H15NO4SSn. The molecule has 0 fully saturated rings. The van der Waals surface area contributed by atoms with Crippen LogP contribution in [-0.4, -0.2) is 41.0 Å². The number of sulfonamides is 1. The topological polar surface area (TPSA) is 85.9 Å². The molecule has 94 valence electrons. The molecule has 2 rings (SSSR count). The second-order valence-electron chi connectivity index (χ2n) is 4.74. The molecule has 0 radical (unpaired) electrons. The van der Waals surface area contributed by atoms with E-state index in [0.29, 0.717) is 5.56 Å². The molecule has 1 aromatic carbocycles. The molecule has 2 N–H and O–H groups in total. The SMILES string of the molecule is O.[CH3][Sn]([CH3])([CH3])[N]1C(=O)c2ccccc2S1(=O)=O. The minimum absolute atomic E-state index is 0. The van der Waals surface area contributed by atoms with E-state index >= 15 is 0 Å². The summed E-state index contributed by atoms with van der Waals surface area (Å²) >= 11 is -2.98. The Bertz CT molecular complexity index is 562. The monoisotopic (exact) mass is 365 g/mol. The number of rotatable bonds is 1. The van der Waals surface area contributed by atoms with E-state index in [0.717, 1.165) is 2.53 Å². The zero-order chi connectivity index (χ0) is 12.1. The summed E-state index contributed by atoms with van der Waals surface area (Å²) in [7, 11) is -3.58. The van der Waals surface area contributed by atoms with E-state index in [-0.39, 0.29) is 16.3 Å². The van der Waals surface area contributed by atoms with Crippen LogP contribution in [0.4, 0.5) is 0 Å². The van der Waals surface area contributed by atoms with Crippen molar-refractivity contribution in [2.45, 2.75) is 19.7 Å². The Morgan fingerprint density at radius 2 is 1.65 bits per heavy atom. The number of carbonyl (C=O) groups is 1. The van der Waals surface area contributed by atoms with Gasteiger partial charge in [0.1, 0.15) is 0 Å². The summed E-state index contributed by atoms with van der Waals surface area (Å²) in [5, 5.41) is 0. The predicted molar refractivity (Wildman–Crippen MR) is 66.8 cm³/mol. The molecule has 1 aromatic rings. The molecule has 0 atom stereocenters. The third-order valence-corrected chi connectivity index (χ3v) is 13.8. The van der Waals surface area contributed by atoms with Crippen molar-refractivity contribution < 1.29 is 18.7 Å². The van der Waals surface area contributed by atoms with Crippen LogP contribution in [0.2, 0.25) is 14.8 Å². The quantitative estimate of drug-likeness (QED) is 0.693. The summed E-state index contributed by atoms with van der Waals surface area (Å²) < 4.78 is 25.6. The molecule has 0 saturated carbocycles. The number of hydrogen-bond donors (Lipinski definition) is 0. The van der Waals surface area contributed by atoms with Crippen LogP contribution in [0.5, 0.6) is 0 Å². The first kappa shape index (κ1) is 14.5. The number of amides is 1. The molecule has 7 heteroatoms. The Morgan fingerprint density at radius 3 is 2.12 bits per heavy atom. The summed E-state index contributed by atoms with van der Waals surface area (Å²) in [4.78, 5) is 18.0. The first-order valence-corrected chi connectivity index (χ1v) is 16.2. The summed E-state index contributed by atoms with van der Waals surface area (Å²) in [6.45, 7) is 0. The van der Waals surface area contributed by atoms with E-state index in [1.807, 2.05) is 14.8 Å². The number of fused-ring (bicyclic) bond motifs is 1. The average Bonchev–Trinajstić information content (AvgIpc) is 2.34. The maximum absolute atomic E-state index is 12.2. The fraction of sp³-hybridized carbons (Fsp3) is 0.300. The molecule has 1 aliphatic heterocycles. The van der Waals surface area contributed by atoms with Gasteiger partial charge in [0.15, 0.2) is 0 Å². The van der Waals surface area contributed by atoms with Gasteiger partial charge in [-0.2, -0.15) is 0 Å². The Morgan fingerprint density at radius 1 is 1.12 bits per heavy atom. The molecule has 0 aromatic heterocycles. The molecule has 0 unspecified atom stereocenters. The molecule has 0 saturated heterocycles. The first-order valence-electron chi connectivity index (χ1n) is 4.95. The number of carbonyl (C=O) groups excluding carboxylic acids is 1. The third-order valence-electron chi connectivity index (χ3n) is 2.43. The van der Waals surface area contributed by atoms with E-state index in [2.05, 4.69) is 0 Å². The van der Waals surface area contributed by atoms with Crippen molar-refractivity contribution in [1.29, 1.82) is 0 Å². The van der Waals surface area contributed by atoms with Crippen LogP contribution >= 0.6 is 0 Å². The number of nitrogens with zero attached hydrogens (tertiary/aromatic N) is 1. The van der Waals surface area contributed by atoms with Gasteiger partial charge < -0.3 is 5.48 Å². The van der Waals surface area contributed by atoms with Crippen LogP contribution in [0.15, 0.2) is 29.2 Å². The molecule has 0 spiro atoms. The Hall–Kier alpha value is -0.601. The van der Waals surface area contributed by atoms with Crippen molar-refractivity contribution in [2.24, 2.45) is 0 Å². The van der Waals surface area contributed by atoms with Crippen LogP contribution in [0.1, 0.15) is 10.4 Å². The van der Waals surface area contributed by atoms with Gasteiger partial charge in [0.25, 0.3) is 0 Å². The van der Waals surface area contributed by atoms with Crippen molar-refractivity contribution >= 4 is 34.6 Å². The van der Waals surface area contributed by atoms with Gasteiger partial charge in [-0.05, 0) is 0 Å². The number of hydrogen-bond acceptors (Lipinski definition) is 3. The molecule has 0 aliphatic carbocycles. The normalized spacial score (nSPS) is 17.6. The van der Waals surface area contributed by atoms with E-state index in [1.54, 1.807) is 18.2 Å². The van der Waals surface area contributed by atoms with E-state index in [9.17, 15) is 13.2 Å². The van der Waals surface area contributed by atoms with Gasteiger partial charge in [-0.15, -0.1) is 0 Å². The van der Waals surface area contributed by atoms with Crippen molar-refractivity contribution in [3.8, 4) is 0 Å². The van der Waals surface area contributed by atoms with Crippen molar-refractivity contribution in [3.05, 3.63) is 29.8 Å². The Labute approximate surface area is 105 Å². The second kappa shape index (κ2) is 4.25. The molecule has 0 bridgehead atoms. The van der Waals surface area contributed by atoms with Gasteiger partial charge in [0.05, 0.1) is 0 Å².